The lowest BCUT2D eigenvalue weighted by molar-refractivity contribution is 0.0374. The molecule has 0 spiro atoms. The number of hydrogen-bond acceptors (Lipinski definition) is 4. The smallest absolute Gasteiger partial charge is 0.170 e. The van der Waals surface area contributed by atoms with E-state index >= 15 is 0 Å². The van der Waals surface area contributed by atoms with E-state index in [2.05, 4.69) is 10.1 Å². The number of ether oxygens (including phenoxy) is 1. The second-order valence-electron chi connectivity index (χ2n) is 4.83. The van der Waals surface area contributed by atoms with E-state index in [0.717, 1.165) is 56.8 Å². The Bertz CT molecular complexity index is 549. The van der Waals surface area contributed by atoms with Crippen molar-refractivity contribution >= 4 is 11.0 Å². The molecule has 0 unspecified atom stereocenters. The molecule has 1 fully saturated rings. The van der Waals surface area contributed by atoms with Gasteiger partial charge >= 0.3 is 0 Å². The van der Waals surface area contributed by atoms with E-state index < -0.39 is 0 Å². The van der Waals surface area contributed by atoms with Crippen molar-refractivity contribution in [3.63, 3.8) is 0 Å². The largest absolute Gasteiger partial charge is 0.379 e. The van der Waals surface area contributed by atoms with Crippen LogP contribution in [-0.2, 0) is 11.2 Å². The van der Waals surface area contributed by atoms with Crippen molar-refractivity contribution in [3.8, 4) is 0 Å². The highest BCUT2D eigenvalue weighted by Crippen LogP contribution is 2.20. The Balaban J connectivity index is 1.59. The molecule has 2 aromatic rings. The first-order valence-corrected chi connectivity index (χ1v) is 6.67. The van der Waals surface area contributed by atoms with Crippen LogP contribution in [0.15, 0.2) is 22.7 Å². The average Bonchev–Trinajstić information content (AvgIpc) is 2.82. The molecule has 19 heavy (non-hydrogen) atoms. The molecule has 102 valence electrons. The Morgan fingerprint density at radius 2 is 2.11 bits per heavy atom. The summed E-state index contributed by atoms with van der Waals surface area (Å²) in [6.45, 7) is 4.70. The van der Waals surface area contributed by atoms with Gasteiger partial charge in [-0.2, -0.15) is 0 Å². The van der Waals surface area contributed by atoms with Crippen molar-refractivity contribution in [3.05, 3.63) is 29.7 Å². The fraction of sp³-hybridized carbons (Fsp3) is 0.500. The van der Waals surface area contributed by atoms with Crippen LogP contribution in [0.4, 0.5) is 4.39 Å². The first-order valence-electron chi connectivity index (χ1n) is 6.67. The van der Waals surface area contributed by atoms with Gasteiger partial charge in [-0.3, -0.25) is 4.90 Å². The van der Waals surface area contributed by atoms with Gasteiger partial charge in [0, 0.05) is 24.5 Å². The number of rotatable bonds is 4. The summed E-state index contributed by atoms with van der Waals surface area (Å²) in [4.78, 5) is 2.39. The van der Waals surface area contributed by atoms with Crippen molar-refractivity contribution in [1.29, 1.82) is 0 Å². The monoisotopic (exact) mass is 264 g/mol. The van der Waals surface area contributed by atoms with Crippen LogP contribution in [0.1, 0.15) is 12.1 Å². The highest BCUT2D eigenvalue weighted by molar-refractivity contribution is 5.79. The van der Waals surface area contributed by atoms with Crippen molar-refractivity contribution in [2.75, 3.05) is 32.8 Å². The summed E-state index contributed by atoms with van der Waals surface area (Å²) in [5.74, 6) is -0.288. The summed E-state index contributed by atoms with van der Waals surface area (Å²) in [7, 11) is 0. The lowest BCUT2D eigenvalue weighted by atomic mass is 10.1. The molecule has 0 atom stereocenters. The minimum atomic E-state index is -0.288. The highest BCUT2D eigenvalue weighted by atomic mass is 19.1. The number of benzene rings is 1. The zero-order chi connectivity index (χ0) is 13.1. The molecule has 0 radical (unpaired) electrons. The minimum Gasteiger partial charge on any atom is -0.379 e. The fourth-order valence-corrected chi connectivity index (χ4v) is 2.44. The molecule has 1 saturated heterocycles. The molecule has 1 aromatic heterocycles. The molecular formula is C14H17FN2O2. The molecule has 3 rings (SSSR count). The van der Waals surface area contributed by atoms with Crippen molar-refractivity contribution in [2.24, 2.45) is 0 Å². The van der Waals surface area contributed by atoms with E-state index in [4.69, 9.17) is 9.26 Å². The third kappa shape index (κ3) is 2.93. The van der Waals surface area contributed by atoms with Gasteiger partial charge in [-0.1, -0.05) is 5.16 Å². The Morgan fingerprint density at radius 1 is 1.26 bits per heavy atom. The van der Waals surface area contributed by atoms with Crippen molar-refractivity contribution < 1.29 is 13.7 Å². The second-order valence-corrected chi connectivity index (χ2v) is 4.83. The molecule has 0 bridgehead atoms. The molecule has 0 aliphatic carbocycles. The van der Waals surface area contributed by atoms with Gasteiger partial charge in [0.2, 0.25) is 0 Å². The number of aryl methyl sites for hydroxylation is 1. The van der Waals surface area contributed by atoms with Crippen molar-refractivity contribution in [1.82, 2.24) is 10.1 Å². The standard InChI is InChI=1S/C14H17FN2O2/c15-11-3-4-12-13(16-19-14(12)10-11)2-1-5-17-6-8-18-9-7-17/h3-4,10H,1-2,5-9H2. The van der Waals surface area contributed by atoms with Gasteiger partial charge in [0.05, 0.1) is 18.9 Å². The summed E-state index contributed by atoms with van der Waals surface area (Å²) in [6.07, 6.45) is 1.88. The minimum absolute atomic E-state index is 0.288. The maximum atomic E-state index is 13.0. The number of nitrogens with zero attached hydrogens (tertiary/aromatic N) is 2. The Morgan fingerprint density at radius 3 is 2.95 bits per heavy atom. The number of halogens is 1. The van der Waals surface area contributed by atoms with E-state index in [0.29, 0.717) is 5.58 Å². The van der Waals surface area contributed by atoms with Gasteiger partial charge in [-0.05, 0) is 31.5 Å². The van der Waals surface area contributed by atoms with Crippen LogP contribution in [0, 0.1) is 5.82 Å². The van der Waals surface area contributed by atoms with Crippen LogP contribution in [0.2, 0.25) is 0 Å². The number of hydrogen-bond donors (Lipinski definition) is 0. The van der Waals surface area contributed by atoms with Gasteiger partial charge in [-0.25, -0.2) is 4.39 Å². The summed E-state index contributed by atoms with van der Waals surface area (Å²) < 4.78 is 23.5. The lowest BCUT2D eigenvalue weighted by Crippen LogP contribution is -2.36. The summed E-state index contributed by atoms with van der Waals surface area (Å²) in [6, 6.07) is 4.57. The Hall–Kier alpha value is -1.46. The van der Waals surface area contributed by atoms with Crippen molar-refractivity contribution in [2.45, 2.75) is 12.8 Å². The first kappa shape index (κ1) is 12.6. The molecule has 2 heterocycles. The predicted octanol–water partition coefficient (Wildman–Crippen LogP) is 2.23. The third-order valence-electron chi connectivity index (χ3n) is 3.50. The molecule has 1 aliphatic rings. The zero-order valence-corrected chi connectivity index (χ0v) is 10.8. The number of fused-ring (bicyclic) bond motifs is 1. The maximum absolute atomic E-state index is 13.0. The Kier molecular flexibility index (Phi) is 3.75. The first-order chi connectivity index (χ1) is 9.33. The van der Waals surface area contributed by atoms with Gasteiger partial charge in [0.25, 0.3) is 0 Å². The van der Waals surface area contributed by atoms with E-state index in [1.165, 1.54) is 12.1 Å². The van der Waals surface area contributed by atoms with Crippen LogP contribution < -0.4 is 0 Å². The molecule has 5 heteroatoms. The quantitative estimate of drug-likeness (QED) is 0.849. The van der Waals surface area contributed by atoms with E-state index in [1.807, 2.05) is 0 Å². The van der Waals surface area contributed by atoms with Crippen LogP contribution in [0.5, 0.6) is 0 Å². The molecular weight excluding hydrogens is 247 g/mol. The predicted molar refractivity (Wildman–Crippen MR) is 69.5 cm³/mol. The second kappa shape index (κ2) is 5.67. The van der Waals surface area contributed by atoms with E-state index in [1.54, 1.807) is 6.07 Å². The topological polar surface area (TPSA) is 38.5 Å². The van der Waals surface area contributed by atoms with Crippen LogP contribution in [-0.4, -0.2) is 42.9 Å². The summed E-state index contributed by atoms with van der Waals surface area (Å²) in [5.41, 5.74) is 1.45. The van der Waals surface area contributed by atoms with Crippen LogP contribution in [0.25, 0.3) is 11.0 Å². The zero-order valence-electron chi connectivity index (χ0n) is 10.8. The SMILES string of the molecule is Fc1ccc2c(CCCN3CCOCC3)noc2c1. The number of morpholine rings is 1. The molecule has 1 aliphatic heterocycles. The van der Waals surface area contributed by atoms with Crippen LogP contribution in [0.3, 0.4) is 0 Å². The van der Waals surface area contributed by atoms with E-state index in [9.17, 15) is 4.39 Å². The number of aromatic nitrogens is 1. The normalized spacial score (nSPS) is 17.1. The molecule has 0 saturated carbocycles. The molecule has 4 nitrogen and oxygen atoms in total. The third-order valence-corrected chi connectivity index (χ3v) is 3.50. The Labute approximate surface area is 111 Å². The average molecular weight is 264 g/mol. The molecule has 1 aromatic carbocycles. The van der Waals surface area contributed by atoms with Gasteiger partial charge in [0.1, 0.15) is 5.82 Å². The lowest BCUT2D eigenvalue weighted by Gasteiger charge is -2.26. The summed E-state index contributed by atoms with van der Waals surface area (Å²) in [5, 5.41) is 4.95. The van der Waals surface area contributed by atoms with Gasteiger partial charge < -0.3 is 9.26 Å². The maximum Gasteiger partial charge on any atom is 0.170 e. The van der Waals surface area contributed by atoms with E-state index in [-0.39, 0.29) is 5.82 Å². The van der Waals surface area contributed by atoms with Crippen LogP contribution >= 0.6 is 0 Å². The van der Waals surface area contributed by atoms with Gasteiger partial charge in [0.15, 0.2) is 5.58 Å². The highest BCUT2D eigenvalue weighted by Gasteiger charge is 2.12. The molecule has 0 N–H and O–H groups in total. The van der Waals surface area contributed by atoms with Gasteiger partial charge in [-0.15, -0.1) is 0 Å². The summed E-state index contributed by atoms with van der Waals surface area (Å²) >= 11 is 0. The molecule has 0 amide bonds. The fourth-order valence-electron chi connectivity index (χ4n) is 2.44.